The Kier molecular flexibility index (Phi) is 10.2. The summed E-state index contributed by atoms with van der Waals surface area (Å²) in [6.45, 7) is 5.11. The maximum Gasteiger partial charge on any atom is 0.319 e. The van der Waals surface area contributed by atoms with Gasteiger partial charge in [0, 0.05) is 24.6 Å². The van der Waals surface area contributed by atoms with Gasteiger partial charge >= 0.3 is 5.97 Å². The molecule has 0 aromatic heterocycles. The highest BCUT2D eigenvalue weighted by molar-refractivity contribution is 6.02. The van der Waals surface area contributed by atoms with E-state index in [2.05, 4.69) is 27.5 Å². The van der Waals surface area contributed by atoms with Crippen LogP contribution in [0.5, 0.6) is 0 Å². The summed E-state index contributed by atoms with van der Waals surface area (Å²) in [5, 5.41) is 15.0. The number of para-hydroxylation sites is 1. The Labute approximate surface area is 217 Å². The number of carbonyl (C=O) groups excluding carboxylic acids is 4. The topological polar surface area (TPSA) is 137 Å². The average Bonchev–Trinajstić information content (AvgIpc) is 3.23. The molecule has 0 aliphatic carbocycles. The van der Waals surface area contributed by atoms with Crippen molar-refractivity contribution in [2.75, 3.05) is 20.2 Å². The number of methoxy groups -OCH3 is 1. The Morgan fingerprint density at radius 3 is 2.57 bits per heavy atom. The molecule has 0 saturated heterocycles. The Morgan fingerprint density at radius 2 is 1.86 bits per heavy atom. The van der Waals surface area contributed by atoms with Crippen LogP contribution in [-0.2, 0) is 23.9 Å². The fraction of sp³-hybridized carbons (Fsp3) is 0.593. The minimum absolute atomic E-state index is 0.0492. The fourth-order valence-electron chi connectivity index (χ4n) is 5.24. The van der Waals surface area contributed by atoms with Crippen LogP contribution < -0.4 is 16.1 Å². The highest BCUT2D eigenvalue weighted by Crippen LogP contribution is 2.35. The molecule has 0 radical (unpaired) electrons. The lowest BCUT2D eigenvalue weighted by molar-refractivity contribution is -0.433. The molecule has 10 nitrogen and oxygen atoms in total. The number of amides is 3. The third kappa shape index (κ3) is 7.15. The van der Waals surface area contributed by atoms with E-state index in [1.807, 2.05) is 32.0 Å². The molecule has 1 aromatic rings. The zero-order valence-electron chi connectivity index (χ0n) is 21.9. The minimum atomic E-state index is -1.55. The van der Waals surface area contributed by atoms with Crippen LogP contribution in [0.1, 0.15) is 63.9 Å². The van der Waals surface area contributed by atoms with Crippen molar-refractivity contribution in [3.63, 3.8) is 0 Å². The molecule has 10 heteroatoms. The van der Waals surface area contributed by atoms with Gasteiger partial charge in [0.15, 0.2) is 6.21 Å². The number of fused-ring (bicyclic) bond motifs is 4. The van der Waals surface area contributed by atoms with Crippen LogP contribution in [0.4, 0.5) is 5.69 Å². The zero-order valence-corrected chi connectivity index (χ0v) is 21.9. The largest absolute Gasteiger partial charge is 0.468 e. The van der Waals surface area contributed by atoms with Crippen molar-refractivity contribution in [2.24, 2.45) is 17.8 Å². The van der Waals surface area contributed by atoms with Crippen LogP contribution in [0.2, 0.25) is 0 Å². The lowest BCUT2D eigenvalue weighted by Crippen LogP contribution is -2.52. The number of hydroxylamine groups is 1. The van der Waals surface area contributed by atoms with Gasteiger partial charge in [0.05, 0.1) is 18.9 Å². The van der Waals surface area contributed by atoms with Gasteiger partial charge < -0.3 is 15.4 Å². The highest BCUT2D eigenvalue weighted by atomic mass is 16.5. The molecule has 2 unspecified atom stereocenters. The molecule has 3 rings (SSSR count). The number of benzene rings is 1. The molecule has 2 heterocycles. The second-order valence-electron chi connectivity index (χ2n) is 10.2. The molecule has 0 saturated carbocycles. The van der Waals surface area contributed by atoms with Crippen molar-refractivity contribution in [1.82, 2.24) is 16.1 Å². The van der Waals surface area contributed by atoms with Crippen LogP contribution >= 0.6 is 0 Å². The van der Waals surface area contributed by atoms with Crippen LogP contribution in [0, 0.1) is 17.8 Å². The van der Waals surface area contributed by atoms with Crippen LogP contribution in [0.3, 0.4) is 0 Å². The third-order valence-electron chi connectivity index (χ3n) is 7.07. The number of hydrogen-bond donors (Lipinski definition) is 4. The predicted octanol–water partition coefficient (Wildman–Crippen LogP) is 2.02. The second kappa shape index (κ2) is 13.3. The molecule has 37 heavy (non-hydrogen) atoms. The molecule has 4 atom stereocenters. The SMILES string of the molecule is COC(=O)C(C(=O)NO)[C@@H](CC(C)C)C(=O)N[C@H]1CC2C=[N+](CCCCCCNC1=O)c1ccccc12. The standard InChI is InChI=1S/C27H38N4O6/c1-17(2)14-20(23(26(34)30-36)27(35)37-3)24(32)29-21-15-18-16-31(22-11-7-6-10-19(18)22)13-9-5-4-8-12-28-25(21)33/h6-7,10-11,16-18,20-21,23H,4-5,8-9,12-15H2,1-3H3,(H3-,28,29,30,32,33,34,36)/p+1/t18?,20-,21+,23?/m1/s1. The van der Waals surface area contributed by atoms with Crippen LogP contribution in [0.25, 0.3) is 0 Å². The van der Waals surface area contributed by atoms with E-state index in [-0.39, 0.29) is 24.2 Å². The first-order valence-electron chi connectivity index (χ1n) is 13.1. The molecule has 3 amide bonds. The summed E-state index contributed by atoms with van der Waals surface area (Å²) in [5.74, 6) is -5.69. The number of hydrogen-bond acceptors (Lipinski definition) is 6. The fourth-order valence-corrected chi connectivity index (χ4v) is 5.24. The van der Waals surface area contributed by atoms with E-state index in [9.17, 15) is 24.4 Å². The number of nitrogens with one attached hydrogen (secondary N) is 3. The van der Waals surface area contributed by atoms with Crippen molar-refractivity contribution in [2.45, 2.75) is 64.3 Å². The Morgan fingerprint density at radius 1 is 1.14 bits per heavy atom. The lowest BCUT2D eigenvalue weighted by atomic mass is 9.83. The van der Waals surface area contributed by atoms with E-state index in [4.69, 9.17) is 4.74 Å². The number of nitrogens with zero attached hydrogens (tertiary/aromatic N) is 1. The number of esters is 1. The quantitative estimate of drug-likeness (QED) is 0.144. The zero-order chi connectivity index (χ0) is 26.9. The van der Waals surface area contributed by atoms with Gasteiger partial charge in [0.2, 0.25) is 17.5 Å². The summed E-state index contributed by atoms with van der Waals surface area (Å²) in [6.07, 6.45) is 6.57. The summed E-state index contributed by atoms with van der Waals surface area (Å²) in [7, 11) is 1.12. The monoisotopic (exact) mass is 515 g/mol. The van der Waals surface area contributed by atoms with Crippen molar-refractivity contribution in [3.05, 3.63) is 29.8 Å². The average molecular weight is 516 g/mol. The molecular weight excluding hydrogens is 476 g/mol. The summed E-state index contributed by atoms with van der Waals surface area (Å²) in [5.41, 5.74) is 3.68. The van der Waals surface area contributed by atoms with Crippen LogP contribution in [0.15, 0.2) is 24.3 Å². The molecule has 1 aromatic carbocycles. The van der Waals surface area contributed by atoms with Gasteiger partial charge in [-0.2, -0.15) is 0 Å². The number of ether oxygens (including phenoxy) is 1. The molecule has 4 N–H and O–H groups in total. The molecule has 2 aliphatic rings. The predicted molar refractivity (Wildman–Crippen MR) is 136 cm³/mol. The summed E-state index contributed by atoms with van der Waals surface area (Å²) in [4.78, 5) is 51.7. The molecule has 2 aliphatic heterocycles. The lowest BCUT2D eigenvalue weighted by Gasteiger charge is -2.27. The smallest absolute Gasteiger partial charge is 0.319 e. The normalized spacial score (nSPS) is 21.6. The van der Waals surface area contributed by atoms with E-state index in [1.165, 1.54) is 5.48 Å². The summed E-state index contributed by atoms with van der Waals surface area (Å²) >= 11 is 0. The van der Waals surface area contributed by atoms with Gasteiger partial charge in [-0.25, -0.2) is 10.1 Å². The van der Waals surface area contributed by atoms with Gasteiger partial charge in [0.25, 0.3) is 5.91 Å². The molecular formula is C27H39N4O6+. The number of rotatable bonds is 7. The van der Waals surface area contributed by atoms with Crippen molar-refractivity contribution in [3.8, 4) is 0 Å². The highest BCUT2D eigenvalue weighted by Gasteiger charge is 2.42. The van der Waals surface area contributed by atoms with E-state index in [1.54, 1.807) is 0 Å². The Hall–Kier alpha value is -3.27. The van der Waals surface area contributed by atoms with Gasteiger partial charge in [-0.05, 0) is 31.6 Å². The summed E-state index contributed by atoms with van der Waals surface area (Å²) < 4.78 is 6.99. The minimum Gasteiger partial charge on any atom is -0.468 e. The maximum absolute atomic E-state index is 13.6. The van der Waals surface area contributed by atoms with Gasteiger partial charge in [0.1, 0.15) is 18.5 Å². The molecule has 2 bridgehead atoms. The molecule has 202 valence electrons. The van der Waals surface area contributed by atoms with Crippen LogP contribution in [-0.4, -0.2) is 65.9 Å². The molecule has 0 fully saturated rings. The number of carbonyl (C=O) groups is 4. The third-order valence-corrected chi connectivity index (χ3v) is 7.07. The summed E-state index contributed by atoms with van der Waals surface area (Å²) in [6, 6.07) is 7.19. The van der Waals surface area contributed by atoms with E-state index in [0.717, 1.165) is 50.6 Å². The van der Waals surface area contributed by atoms with E-state index >= 15 is 0 Å². The first-order valence-corrected chi connectivity index (χ1v) is 13.1. The van der Waals surface area contributed by atoms with E-state index in [0.29, 0.717) is 13.0 Å². The van der Waals surface area contributed by atoms with Gasteiger partial charge in [-0.1, -0.05) is 38.5 Å². The van der Waals surface area contributed by atoms with Crippen molar-refractivity contribution >= 4 is 35.6 Å². The van der Waals surface area contributed by atoms with Gasteiger partial charge in [-0.15, -0.1) is 0 Å². The van der Waals surface area contributed by atoms with Crippen molar-refractivity contribution in [1.29, 1.82) is 0 Å². The van der Waals surface area contributed by atoms with Crippen molar-refractivity contribution < 1.29 is 33.7 Å². The Balaban J connectivity index is 1.91. The first-order chi connectivity index (χ1) is 17.8. The molecule has 0 spiro atoms. The second-order valence-corrected chi connectivity index (χ2v) is 10.2. The Bertz CT molecular complexity index is 1010. The first kappa shape index (κ1) is 28.3. The van der Waals surface area contributed by atoms with E-state index < -0.39 is 35.7 Å². The maximum atomic E-state index is 13.6. The van der Waals surface area contributed by atoms with Gasteiger partial charge in [-0.3, -0.25) is 24.4 Å².